The fraction of sp³-hybridized carbons (Fsp3) is 0.917. The number of hydrogen-bond acceptors (Lipinski definition) is 3. The molecular weight excluding hydrogens is 256 g/mol. The van der Waals surface area contributed by atoms with Crippen LogP contribution < -0.4 is 10.6 Å². The summed E-state index contributed by atoms with van der Waals surface area (Å²) in [5.74, 6) is 3.27. The first-order chi connectivity index (χ1) is 7.79. The molecule has 0 radical (unpaired) electrons. The Morgan fingerprint density at radius 1 is 1.53 bits per heavy atom. The van der Waals surface area contributed by atoms with Crippen molar-refractivity contribution >= 4 is 30.1 Å². The highest BCUT2D eigenvalue weighted by atomic mass is 35.5. The van der Waals surface area contributed by atoms with E-state index in [9.17, 15) is 4.79 Å². The molecule has 100 valence electrons. The maximum absolute atomic E-state index is 11.8. The lowest BCUT2D eigenvalue weighted by molar-refractivity contribution is -0.121. The second kappa shape index (κ2) is 7.49. The van der Waals surface area contributed by atoms with E-state index in [4.69, 9.17) is 0 Å². The van der Waals surface area contributed by atoms with Crippen LogP contribution in [0.5, 0.6) is 0 Å². The van der Waals surface area contributed by atoms with Gasteiger partial charge >= 0.3 is 0 Å². The Hall–Kier alpha value is 0.0700. The highest BCUT2D eigenvalue weighted by Gasteiger charge is 2.37. The van der Waals surface area contributed by atoms with Crippen molar-refractivity contribution in [3.63, 3.8) is 0 Å². The van der Waals surface area contributed by atoms with Crippen LogP contribution in [0.4, 0.5) is 0 Å². The van der Waals surface area contributed by atoms with E-state index in [1.165, 1.54) is 25.0 Å². The van der Waals surface area contributed by atoms with Gasteiger partial charge in [0.05, 0.1) is 0 Å². The predicted octanol–water partition coefficient (Wildman–Crippen LogP) is 1.81. The molecule has 1 aliphatic carbocycles. The number of carbonyl (C=O) groups is 1. The zero-order chi connectivity index (χ0) is 11.4. The third-order valence-electron chi connectivity index (χ3n) is 3.36. The zero-order valence-electron chi connectivity index (χ0n) is 10.4. The molecule has 0 spiro atoms. The smallest absolute Gasteiger partial charge is 0.221 e. The molecule has 0 aromatic rings. The first-order valence-electron chi connectivity index (χ1n) is 6.40. The summed E-state index contributed by atoms with van der Waals surface area (Å²) in [6.07, 6.45) is 4.36. The molecular formula is C12H23ClN2OS. The van der Waals surface area contributed by atoms with Gasteiger partial charge in [0.2, 0.25) is 5.91 Å². The largest absolute Gasteiger partial charge is 0.353 e. The summed E-state index contributed by atoms with van der Waals surface area (Å²) in [4.78, 5) is 11.8. The van der Waals surface area contributed by atoms with Crippen molar-refractivity contribution in [2.75, 3.05) is 18.1 Å². The molecule has 1 saturated carbocycles. The SMILES string of the molecule is CCCC1CC1NC(=O)CC1CSCCN1.Cl. The molecule has 2 aliphatic rings. The first kappa shape index (κ1) is 15.1. The predicted molar refractivity (Wildman–Crippen MR) is 75.9 cm³/mol. The second-order valence-electron chi connectivity index (χ2n) is 4.89. The third kappa shape index (κ3) is 5.06. The van der Waals surface area contributed by atoms with Crippen LogP contribution in [0, 0.1) is 5.92 Å². The quantitative estimate of drug-likeness (QED) is 0.806. The van der Waals surface area contributed by atoms with Gasteiger partial charge in [-0.25, -0.2) is 0 Å². The van der Waals surface area contributed by atoms with Gasteiger partial charge in [-0.3, -0.25) is 4.79 Å². The Balaban J connectivity index is 0.00000144. The van der Waals surface area contributed by atoms with Crippen molar-refractivity contribution in [2.45, 2.75) is 44.7 Å². The Morgan fingerprint density at radius 2 is 2.35 bits per heavy atom. The van der Waals surface area contributed by atoms with Gasteiger partial charge in [-0.15, -0.1) is 12.4 Å². The molecule has 3 nitrogen and oxygen atoms in total. The average Bonchev–Trinajstić information content (AvgIpc) is 2.98. The maximum atomic E-state index is 11.8. The summed E-state index contributed by atoms with van der Waals surface area (Å²) < 4.78 is 0. The Kier molecular flexibility index (Phi) is 6.67. The van der Waals surface area contributed by atoms with Gasteiger partial charge in [0, 0.05) is 36.6 Å². The van der Waals surface area contributed by atoms with E-state index in [2.05, 4.69) is 17.6 Å². The minimum absolute atomic E-state index is 0. The van der Waals surface area contributed by atoms with Crippen LogP contribution in [0.1, 0.15) is 32.6 Å². The first-order valence-corrected chi connectivity index (χ1v) is 7.55. The summed E-state index contributed by atoms with van der Waals surface area (Å²) in [6, 6.07) is 0.880. The molecule has 2 rings (SSSR count). The molecule has 1 aliphatic heterocycles. The van der Waals surface area contributed by atoms with Crippen molar-refractivity contribution in [1.82, 2.24) is 10.6 Å². The molecule has 3 unspecified atom stereocenters. The topological polar surface area (TPSA) is 41.1 Å². The fourth-order valence-electron chi connectivity index (χ4n) is 2.35. The minimum Gasteiger partial charge on any atom is -0.353 e. The Labute approximate surface area is 114 Å². The maximum Gasteiger partial charge on any atom is 0.221 e. The molecule has 3 atom stereocenters. The lowest BCUT2D eigenvalue weighted by atomic mass is 10.2. The van der Waals surface area contributed by atoms with Gasteiger partial charge < -0.3 is 10.6 Å². The van der Waals surface area contributed by atoms with Gasteiger partial charge in [-0.2, -0.15) is 11.8 Å². The third-order valence-corrected chi connectivity index (χ3v) is 4.49. The number of rotatable bonds is 5. The normalized spacial score (nSPS) is 31.5. The lowest BCUT2D eigenvalue weighted by Crippen LogP contribution is -2.41. The fourth-order valence-corrected chi connectivity index (χ4v) is 3.30. The highest BCUT2D eigenvalue weighted by molar-refractivity contribution is 7.99. The van der Waals surface area contributed by atoms with Gasteiger partial charge in [-0.1, -0.05) is 13.3 Å². The lowest BCUT2D eigenvalue weighted by Gasteiger charge is -2.22. The molecule has 1 amide bonds. The second-order valence-corrected chi connectivity index (χ2v) is 6.04. The van der Waals surface area contributed by atoms with Gasteiger partial charge in [0.15, 0.2) is 0 Å². The standard InChI is InChI=1S/C12H22N2OS.ClH/c1-2-3-9-6-11(9)14-12(15)7-10-8-16-5-4-13-10;/h9-11,13H,2-8H2,1H3,(H,14,15);1H. The van der Waals surface area contributed by atoms with Gasteiger partial charge in [0.25, 0.3) is 0 Å². The molecule has 0 aromatic carbocycles. The molecule has 17 heavy (non-hydrogen) atoms. The number of nitrogens with one attached hydrogen (secondary N) is 2. The summed E-state index contributed by atoms with van der Waals surface area (Å²) in [7, 11) is 0. The van der Waals surface area contributed by atoms with E-state index in [1.807, 2.05) is 11.8 Å². The summed E-state index contributed by atoms with van der Waals surface area (Å²) in [5, 5.41) is 6.55. The summed E-state index contributed by atoms with van der Waals surface area (Å²) in [6.45, 7) is 3.25. The van der Waals surface area contributed by atoms with Crippen LogP contribution >= 0.6 is 24.2 Å². The van der Waals surface area contributed by atoms with Crippen LogP contribution in [-0.2, 0) is 4.79 Å². The van der Waals surface area contributed by atoms with Crippen molar-refractivity contribution in [2.24, 2.45) is 5.92 Å². The number of hydrogen-bond donors (Lipinski definition) is 2. The number of thioether (sulfide) groups is 1. The molecule has 5 heteroatoms. The molecule has 1 heterocycles. The van der Waals surface area contributed by atoms with Crippen molar-refractivity contribution in [3.05, 3.63) is 0 Å². The number of halogens is 1. The summed E-state index contributed by atoms with van der Waals surface area (Å²) in [5.41, 5.74) is 0. The minimum atomic E-state index is 0. The molecule has 2 N–H and O–H groups in total. The van der Waals surface area contributed by atoms with E-state index in [0.29, 0.717) is 18.5 Å². The van der Waals surface area contributed by atoms with E-state index >= 15 is 0 Å². The molecule has 0 aromatic heterocycles. The van der Waals surface area contributed by atoms with E-state index in [1.54, 1.807) is 0 Å². The van der Waals surface area contributed by atoms with Crippen LogP contribution in [-0.4, -0.2) is 36.0 Å². The van der Waals surface area contributed by atoms with Crippen LogP contribution in [0.3, 0.4) is 0 Å². The van der Waals surface area contributed by atoms with Crippen LogP contribution in [0.2, 0.25) is 0 Å². The van der Waals surface area contributed by atoms with E-state index < -0.39 is 0 Å². The highest BCUT2D eigenvalue weighted by Crippen LogP contribution is 2.34. The van der Waals surface area contributed by atoms with Crippen molar-refractivity contribution in [3.8, 4) is 0 Å². The van der Waals surface area contributed by atoms with E-state index in [-0.39, 0.29) is 18.3 Å². The monoisotopic (exact) mass is 278 g/mol. The molecule has 0 bridgehead atoms. The number of amides is 1. The van der Waals surface area contributed by atoms with Gasteiger partial charge in [-0.05, 0) is 18.8 Å². The molecule has 2 fully saturated rings. The summed E-state index contributed by atoms with van der Waals surface area (Å²) >= 11 is 1.95. The van der Waals surface area contributed by atoms with Crippen molar-refractivity contribution in [1.29, 1.82) is 0 Å². The number of carbonyl (C=O) groups excluding carboxylic acids is 1. The van der Waals surface area contributed by atoms with Crippen LogP contribution in [0.25, 0.3) is 0 Å². The molecule has 1 saturated heterocycles. The average molecular weight is 279 g/mol. The van der Waals surface area contributed by atoms with Crippen molar-refractivity contribution < 1.29 is 4.79 Å². The Morgan fingerprint density at radius 3 is 3.00 bits per heavy atom. The zero-order valence-corrected chi connectivity index (χ0v) is 12.0. The van der Waals surface area contributed by atoms with Crippen LogP contribution in [0.15, 0.2) is 0 Å². The van der Waals surface area contributed by atoms with E-state index in [0.717, 1.165) is 18.2 Å². The van der Waals surface area contributed by atoms with Gasteiger partial charge in [0.1, 0.15) is 0 Å². The Bertz CT molecular complexity index is 247.